The lowest BCUT2D eigenvalue weighted by Crippen LogP contribution is -2.44. The molecule has 0 radical (unpaired) electrons. The number of nitrogens with zero attached hydrogens (tertiary/aromatic N) is 3. The zero-order valence-electron chi connectivity index (χ0n) is 14.8. The van der Waals surface area contributed by atoms with Crippen LogP contribution in [0.25, 0.3) is 0 Å². The third kappa shape index (κ3) is 4.86. The van der Waals surface area contributed by atoms with E-state index in [-0.39, 0.29) is 27.5 Å². The highest BCUT2D eigenvalue weighted by atomic mass is 35.5. The van der Waals surface area contributed by atoms with Crippen LogP contribution in [0.2, 0.25) is 10.0 Å². The molecule has 0 aliphatic heterocycles. The minimum Gasteiger partial charge on any atom is -0.308 e. The van der Waals surface area contributed by atoms with E-state index in [1.807, 2.05) is 19.0 Å². The molecular weight excluding hydrogens is 401 g/mol. The highest BCUT2D eigenvalue weighted by molar-refractivity contribution is 7.89. The maximum Gasteiger partial charge on any atom is 0.272 e. The third-order valence-corrected chi connectivity index (χ3v) is 7.42. The van der Waals surface area contributed by atoms with Crippen LogP contribution in [0, 0.1) is 10.1 Å². The molecule has 0 N–H and O–H groups in total. The van der Waals surface area contributed by atoms with Crippen molar-refractivity contribution >= 4 is 38.9 Å². The van der Waals surface area contributed by atoms with Gasteiger partial charge in [0.25, 0.3) is 5.69 Å². The van der Waals surface area contributed by atoms with Crippen molar-refractivity contribution in [3.63, 3.8) is 0 Å². The van der Waals surface area contributed by atoms with Crippen LogP contribution in [-0.4, -0.2) is 55.8 Å². The predicted octanol–water partition coefficient (Wildman–Crippen LogP) is 3.79. The van der Waals surface area contributed by atoms with Crippen molar-refractivity contribution in [2.24, 2.45) is 0 Å². The summed E-state index contributed by atoms with van der Waals surface area (Å²) in [5, 5.41) is 10.8. The minimum atomic E-state index is -4.02. The van der Waals surface area contributed by atoms with Crippen LogP contribution in [0.3, 0.4) is 0 Å². The normalized spacial score (nSPS) is 16.4. The number of hydrogen-bond acceptors (Lipinski definition) is 5. The first-order valence-electron chi connectivity index (χ1n) is 8.44. The van der Waals surface area contributed by atoms with Crippen LogP contribution >= 0.6 is 23.2 Å². The Morgan fingerprint density at radius 1 is 1.15 bits per heavy atom. The first-order valence-corrected chi connectivity index (χ1v) is 10.6. The third-order valence-electron chi connectivity index (χ3n) is 4.53. The number of hydrogen-bond donors (Lipinski definition) is 0. The molecule has 1 aliphatic rings. The van der Waals surface area contributed by atoms with E-state index in [1.54, 1.807) is 0 Å². The molecule has 7 nitrogen and oxygen atoms in total. The largest absolute Gasteiger partial charge is 0.308 e. The summed E-state index contributed by atoms with van der Waals surface area (Å²) in [6.07, 6.45) is 4.55. The fourth-order valence-electron chi connectivity index (χ4n) is 3.14. The van der Waals surface area contributed by atoms with E-state index in [9.17, 15) is 18.5 Å². The maximum atomic E-state index is 13.3. The number of rotatable bonds is 7. The summed E-state index contributed by atoms with van der Waals surface area (Å²) in [7, 11) is -0.292. The minimum absolute atomic E-state index is 0.136. The highest BCUT2D eigenvalue weighted by Gasteiger charge is 2.35. The van der Waals surface area contributed by atoms with Crippen LogP contribution in [-0.2, 0) is 10.0 Å². The number of nitro benzene ring substituents is 1. The van der Waals surface area contributed by atoms with Gasteiger partial charge in [-0.15, -0.1) is 0 Å². The van der Waals surface area contributed by atoms with Gasteiger partial charge in [0, 0.05) is 31.3 Å². The Morgan fingerprint density at radius 2 is 1.77 bits per heavy atom. The molecule has 0 spiro atoms. The molecule has 0 unspecified atom stereocenters. The fraction of sp³-hybridized carbons (Fsp3) is 0.625. The van der Waals surface area contributed by atoms with Crippen molar-refractivity contribution in [2.75, 3.05) is 27.2 Å². The Balaban J connectivity index is 2.49. The molecule has 1 aromatic rings. The van der Waals surface area contributed by atoms with Crippen molar-refractivity contribution in [3.05, 3.63) is 32.3 Å². The Morgan fingerprint density at radius 3 is 2.31 bits per heavy atom. The molecule has 0 amide bonds. The van der Waals surface area contributed by atoms with E-state index < -0.39 is 20.6 Å². The standard InChI is InChI=1S/C16H23Cl2N3O4S/c1-19(2)8-9-20(12-6-4-3-5-7-12)26(24,25)15-11-13(21(22)23)10-14(17)16(15)18/h10-12H,3-9H2,1-2H3. The number of sulfonamides is 1. The van der Waals surface area contributed by atoms with Crippen LogP contribution in [0.4, 0.5) is 5.69 Å². The first-order chi connectivity index (χ1) is 12.1. The molecule has 146 valence electrons. The summed E-state index contributed by atoms with van der Waals surface area (Å²) >= 11 is 12.1. The number of likely N-dealkylation sites (N-methyl/N-ethyl adjacent to an activating group) is 1. The summed E-state index contributed by atoms with van der Waals surface area (Å²) in [5.74, 6) is 0. The molecular formula is C16H23Cl2N3O4S. The van der Waals surface area contributed by atoms with Gasteiger partial charge in [0.05, 0.1) is 15.0 Å². The fourth-order valence-corrected chi connectivity index (χ4v) is 5.59. The topological polar surface area (TPSA) is 83.8 Å². The summed E-state index contributed by atoms with van der Waals surface area (Å²) < 4.78 is 28.1. The Labute approximate surface area is 164 Å². The van der Waals surface area contributed by atoms with Crippen molar-refractivity contribution in [1.82, 2.24) is 9.21 Å². The lowest BCUT2D eigenvalue weighted by atomic mass is 9.95. The van der Waals surface area contributed by atoms with E-state index >= 15 is 0 Å². The van der Waals surface area contributed by atoms with E-state index in [4.69, 9.17) is 23.2 Å². The van der Waals surface area contributed by atoms with Gasteiger partial charge >= 0.3 is 0 Å². The first kappa shape index (κ1) is 21.4. The molecule has 1 fully saturated rings. The molecule has 0 bridgehead atoms. The van der Waals surface area contributed by atoms with Crippen molar-refractivity contribution in [1.29, 1.82) is 0 Å². The molecule has 0 atom stereocenters. The maximum absolute atomic E-state index is 13.3. The molecule has 1 aromatic carbocycles. The van der Waals surface area contributed by atoms with Gasteiger partial charge in [0.1, 0.15) is 4.90 Å². The Hall–Kier alpha value is -0.930. The van der Waals surface area contributed by atoms with Crippen LogP contribution in [0.1, 0.15) is 32.1 Å². The van der Waals surface area contributed by atoms with E-state index in [1.165, 1.54) is 4.31 Å². The second kappa shape index (κ2) is 8.84. The van der Waals surface area contributed by atoms with E-state index in [0.717, 1.165) is 44.2 Å². The molecule has 0 saturated heterocycles. The van der Waals surface area contributed by atoms with Gasteiger partial charge in [-0.3, -0.25) is 10.1 Å². The van der Waals surface area contributed by atoms with Crippen LogP contribution < -0.4 is 0 Å². The quantitative estimate of drug-likeness (QED) is 0.491. The number of nitro groups is 1. The van der Waals surface area contributed by atoms with Gasteiger partial charge in [0.15, 0.2) is 0 Å². The number of halogens is 2. The van der Waals surface area contributed by atoms with E-state index in [0.29, 0.717) is 6.54 Å². The summed E-state index contributed by atoms with van der Waals surface area (Å²) in [5.41, 5.74) is -0.394. The van der Waals surface area contributed by atoms with Crippen LogP contribution in [0.15, 0.2) is 17.0 Å². The second-order valence-electron chi connectivity index (χ2n) is 6.71. The number of benzene rings is 1. The molecule has 2 rings (SSSR count). The Kier molecular flexibility index (Phi) is 7.27. The molecule has 0 heterocycles. The Bertz CT molecular complexity index is 765. The zero-order valence-corrected chi connectivity index (χ0v) is 17.1. The van der Waals surface area contributed by atoms with Gasteiger partial charge in [-0.1, -0.05) is 42.5 Å². The number of non-ortho nitro benzene ring substituents is 1. The SMILES string of the molecule is CN(C)CCN(C1CCCCC1)S(=O)(=O)c1cc([N+](=O)[O-])cc(Cl)c1Cl. The van der Waals surface area contributed by atoms with Gasteiger partial charge in [-0.25, -0.2) is 8.42 Å². The lowest BCUT2D eigenvalue weighted by molar-refractivity contribution is -0.385. The summed E-state index contributed by atoms with van der Waals surface area (Å²) in [4.78, 5) is 12.0. The second-order valence-corrected chi connectivity index (χ2v) is 9.35. The van der Waals surface area contributed by atoms with Gasteiger partial charge in [0.2, 0.25) is 10.0 Å². The smallest absolute Gasteiger partial charge is 0.272 e. The van der Waals surface area contributed by atoms with Gasteiger partial charge in [-0.2, -0.15) is 4.31 Å². The molecule has 26 heavy (non-hydrogen) atoms. The molecule has 0 aromatic heterocycles. The predicted molar refractivity (Wildman–Crippen MR) is 102 cm³/mol. The molecule has 10 heteroatoms. The molecule has 1 aliphatic carbocycles. The summed E-state index contributed by atoms with van der Waals surface area (Å²) in [6, 6.07) is 1.92. The van der Waals surface area contributed by atoms with Crippen molar-refractivity contribution in [2.45, 2.75) is 43.0 Å². The summed E-state index contributed by atoms with van der Waals surface area (Å²) in [6.45, 7) is 0.826. The highest BCUT2D eigenvalue weighted by Crippen LogP contribution is 2.37. The average Bonchev–Trinajstić information content (AvgIpc) is 2.57. The zero-order chi connectivity index (χ0) is 19.5. The van der Waals surface area contributed by atoms with E-state index in [2.05, 4.69) is 0 Å². The average molecular weight is 424 g/mol. The monoisotopic (exact) mass is 423 g/mol. The van der Waals surface area contributed by atoms with Crippen LogP contribution in [0.5, 0.6) is 0 Å². The lowest BCUT2D eigenvalue weighted by Gasteiger charge is -2.34. The van der Waals surface area contributed by atoms with Crippen molar-refractivity contribution in [3.8, 4) is 0 Å². The molecule has 1 saturated carbocycles. The van der Waals surface area contributed by atoms with Gasteiger partial charge in [-0.05, 0) is 26.9 Å². The van der Waals surface area contributed by atoms with Gasteiger partial charge < -0.3 is 4.90 Å². The van der Waals surface area contributed by atoms with Crippen molar-refractivity contribution < 1.29 is 13.3 Å².